The zero-order valence-corrected chi connectivity index (χ0v) is 18.5. The average Bonchev–Trinajstić information content (AvgIpc) is 3.53. The number of nitriles is 1. The van der Waals surface area contributed by atoms with Crippen LogP contribution in [0.5, 0.6) is 0 Å². The molecule has 1 saturated heterocycles. The van der Waals surface area contributed by atoms with Crippen LogP contribution in [0.2, 0.25) is 0 Å². The zero-order chi connectivity index (χ0) is 21.0. The van der Waals surface area contributed by atoms with Gasteiger partial charge in [-0.05, 0) is 61.1 Å². The van der Waals surface area contributed by atoms with Crippen LogP contribution < -0.4 is 9.80 Å². The van der Waals surface area contributed by atoms with Gasteiger partial charge >= 0.3 is 0 Å². The van der Waals surface area contributed by atoms with Crippen LogP contribution in [0.25, 0.3) is 0 Å². The van der Waals surface area contributed by atoms with E-state index in [4.69, 9.17) is 0 Å². The minimum absolute atomic E-state index is 0.0943. The summed E-state index contributed by atoms with van der Waals surface area (Å²) in [6.07, 6.45) is 11.9. The Hall–Kier alpha value is -2.30. The Labute approximate surface area is 185 Å². The first kappa shape index (κ1) is 20.6. The van der Waals surface area contributed by atoms with Crippen molar-refractivity contribution in [1.82, 2.24) is 20.2 Å². The van der Waals surface area contributed by atoms with E-state index in [0.29, 0.717) is 11.6 Å². The Balaban J connectivity index is 1.41. The molecule has 1 atom stereocenters. The SMILES string of the molecule is N#Cc1cccc([C@@H](c2nnnn2C2CCCC2)[NH+]2CC[NH+](C3CCCCC3)CC2)c1. The molecule has 2 aromatic rings. The molecule has 2 saturated carbocycles. The molecule has 0 unspecified atom stereocenters. The van der Waals surface area contributed by atoms with Gasteiger partial charge in [-0.1, -0.05) is 31.4 Å². The first-order valence-electron chi connectivity index (χ1n) is 12.3. The highest BCUT2D eigenvalue weighted by Crippen LogP contribution is 2.31. The summed E-state index contributed by atoms with van der Waals surface area (Å²) >= 11 is 0. The van der Waals surface area contributed by atoms with Crippen molar-refractivity contribution < 1.29 is 9.80 Å². The maximum atomic E-state index is 9.49. The van der Waals surface area contributed by atoms with E-state index < -0.39 is 0 Å². The molecule has 0 radical (unpaired) electrons. The quantitative estimate of drug-likeness (QED) is 0.751. The minimum Gasteiger partial charge on any atom is -0.323 e. The van der Waals surface area contributed by atoms with Gasteiger partial charge in [0.05, 0.1) is 23.7 Å². The lowest BCUT2D eigenvalue weighted by atomic mass is 9.93. The topological polar surface area (TPSA) is 76.3 Å². The molecule has 1 aliphatic heterocycles. The molecule has 0 amide bonds. The predicted octanol–water partition coefficient (Wildman–Crippen LogP) is 0.865. The average molecular weight is 422 g/mol. The largest absolute Gasteiger partial charge is 0.323 e. The third kappa shape index (κ3) is 4.37. The molecular formula is C24H35N7+2. The van der Waals surface area contributed by atoms with Crippen LogP contribution in [-0.4, -0.2) is 52.4 Å². The van der Waals surface area contributed by atoms with Crippen LogP contribution in [0.15, 0.2) is 24.3 Å². The summed E-state index contributed by atoms with van der Waals surface area (Å²) in [4.78, 5) is 3.35. The second-order valence-corrected chi connectivity index (χ2v) is 9.74. The van der Waals surface area contributed by atoms with Crippen LogP contribution in [0.4, 0.5) is 0 Å². The molecule has 3 fully saturated rings. The van der Waals surface area contributed by atoms with Crippen molar-refractivity contribution in [1.29, 1.82) is 5.26 Å². The maximum Gasteiger partial charge on any atom is 0.214 e. The van der Waals surface area contributed by atoms with E-state index in [0.717, 1.165) is 37.8 Å². The summed E-state index contributed by atoms with van der Waals surface area (Å²) in [5.41, 5.74) is 1.89. The highest BCUT2D eigenvalue weighted by atomic mass is 15.6. The van der Waals surface area contributed by atoms with Gasteiger partial charge in [0.2, 0.25) is 5.82 Å². The van der Waals surface area contributed by atoms with E-state index in [9.17, 15) is 5.26 Å². The molecule has 2 aliphatic carbocycles. The summed E-state index contributed by atoms with van der Waals surface area (Å²) in [5.74, 6) is 0.984. The Morgan fingerprint density at radius 2 is 1.71 bits per heavy atom. The zero-order valence-electron chi connectivity index (χ0n) is 18.5. The van der Waals surface area contributed by atoms with Crippen molar-refractivity contribution in [3.63, 3.8) is 0 Å². The lowest BCUT2D eigenvalue weighted by Gasteiger charge is -2.38. The molecule has 3 aliphatic rings. The molecule has 2 heterocycles. The van der Waals surface area contributed by atoms with Crippen LogP contribution in [-0.2, 0) is 0 Å². The van der Waals surface area contributed by atoms with Gasteiger partial charge in [-0.15, -0.1) is 5.10 Å². The van der Waals surface area contributed by atoms with Crippen LogP contribution in [0.3, 0.4) is 0 Å². The molecular weight excluding hydrogens is 386 g/mol. The fourth-order valence-electron chi connectivity index (χ4n) is 6.25. The summed E-state index contributed by atoms with van der Waals surface area (Å²) < 4.78 is 2.12. The summed E-state index contributed by atoms with van der Waals surface area (Å²) in [5, 5.41) is 22.6. The number of nitrogens with one attached hydrogen (secondary N) is 2. The third-order valence-corrected chi connectivity index (χ3v) is 7.92. The molecule has 31 heavy (non-hydrogen) atoms. The molecule has 164 valence electrons. The highest BCUT2D eigenvalue weighted by Gasteiger charge is 2.38. The Morgan fingerprint density at radius 3 is 2.45 bits per heavy atom. The molecule has 1 aromatic carbocycles. The van der Waals surface area contributed by atoms with Gasteiger partial charge < -0.3 is 9.80 Å². The van der Waals surface area contributed by atoms with Crippen molar-refractivity contribution in [2.75, 3.05) is 26.2 Å². The van der Waals surface area contributed by atoms with E-state index in [2.05, 4.69) is 32.3 Å². The lowest BCUT2D eigenvalue weighted by Crippen LogP contribution is -3.29. The summed E-state index contributed by atoms with van der Waals surface area (Å²) in [6, 6.07) is 11.8. The third-order valence-electron chi connectivity index (χ3n) is 7.92. The van der Waals surface area contributed by atoms with Gasteiger partial charge in [0.15, 0.2) is 6.04 Å². The first-order valence-corrected chi connectivity index (χ1v) is 12.3. The minimum atomic E-state index is 0.0943. The van der Waals surface area contributed by atoms with Crippen molar-refractivity contribution in [3.05, 3.63) is 41.2 Å². The molecule has 5 rings (SSSR count). The molecule has 0 bridgehead atoms. The number of tetrazole rings is 1. The van der Waals surface area contributed by atoms with E-state index in [1.807, 2.05) is 23.1 Å². The van der Waals surface area contributed by atoms with E-state index in [1.165, 1.54) is 63.6 Å². The number of piperazine rings is 1. The van der Waals surface area contributed by atoms with Crippen molar-refractivity contribution >= 4 is 0 Å². The molecule has 1 aromatic heterocycles. The molecule has 7 nitrogen and oxygen atoms in total. The normalized spacial score (nSPS) is 26.5. The maximum absolute atomic E-state index is 9.49. The fraction of sp³-hybridized carbons (Fsp3) is 0.667. The molecule has 0 spiro atoms. The van der Waals surface area contributed by atoms with Gasteiger partial charge in [0, 0.05) is 5.56 Å². The van der Waals surface area contributed by atoms with E-state index in [1.54, 1.807) is 4.90 Å². The Kier molecular flexibility index (Phi) is 6.28. The highest BCUT2D eigenvalue weighted by molar-refractivity contribution is 5.35. The van der Waals surface area contributed by atoms with Gasteiger partial charge in [-0.3, -0.25) is 0 Å². The number of quaternary nitrogens is 2. The molecule has 2 N–H and O–H groups in total. The summed E-state index contributed by atoms with van der Waals surface area (Å²) in [6.45, 7) is 4.70. The van der Waals surface area contributed by atoms with Crippen LogP contribution in [0, 0.1) is 11.3 Å². The number of hydrogen-bond acceptors (Lipinski definition) is 4. The predicted molar refractivity (Wildman–Crippen MR) is 117 cm³/mol. The molecule has 7 heteroatoms. The Morgan fingerprint density at radius 1 is 0.968 bits per heavy atom. The van der Waals surface area contributed by atoms with Gasteiger partial charge in [0.1, 0.15) is 26.2 Å². The van der Waals surface area contributed by atoms with E-state index in [-0.39, 0.29) is 6.04 Å². The van der Waals surface area contributed by atoms with Gasteiger partial charge in [-0.2, -0.15) is 5.26 Å². The van der Waals surface area contributed by atoms with Crippen molar-refractivity contribution in [2.45, 2.75) is 75.9 Å². The number of benzene rings is 1. The smallest absolute Gasteiger partial charge is 0.214 e. The number of hydrogen-bond donors (Lipinski definition) is 2. The first-order chi connectivity index (χ1) is 15.3. The Bertz CT molecular complexity index is 897. The van der Waals surface area contributed by atoms with Crippen LogP contribution >= 0.6 is 0 Å². The van der Waals surface area contributed by atoms with Crippen molar-refractivity contribution in [3.8, 4) is 6.07 Å². The number of nitrogens with zero attached hydrogens (tertiary/aromatic N) is 5. The lowest BCUT2D eigenvalue weighted by molar-refractivity contribution is -1.03. The number of aromatic nitrogens is 4. The number of rotatable bonds is 5. The summed E-state index contributed by atoms with van der Waals surface area (Å²) in [7, 11) is 0. The standard InChI is InChI=1S/C24H33N7/c25-18-19-7-6-8-20(17-19)23(24-26-27-28-31(24)22-11-4-5-12-22)30-15-13-29(14-16-30)21-9-2-1-3-10-21/h6-8,17,21-23H,1-5,9-16H2/p+2/t23-/m0/s1. The monoisotopic (exact) mass is 421 g/mol. The van der Waals surface area contributed by atoms with Crippen LogP contribution in [0.1, 0.15) is 86.8 Å². The van der Waals surface area contributed by atoms with Gasteiger partial charge in [0.25, 0.3) is 0 Å². The second kappa shape index (κ2) is 9.46. The van der Waals surface area contributed by atoms with E-state index >= 15 is 0 Å². The fourth-order valence-corrected chi connectivity index (χ4v) is 6.25. The van der Waals surface area contributed by atoms with Crippen molar-refractivity contribution in [2.24, 2.45) is 0 Å². The second-order valence-electron chi connectivity index (χ2n) is 9.74. The van der Waals surface area contributed by atoms with Gasteiger partial charge in [-0.25, -0.2) is 4.68 Å².